The summed E-state index contributed by atoms with van der Waals surface area (Å²) in [4.78, 5) is 20.1. The van der Waals surface area contributed by atoms with Crippen LogP contribution in [0.15, 0.2) is 71.7 Å². The summed E-state index contributed by atoms with van der Waals surface area (Å²) in [6, 6.07) is 11.2. The zero-order chi connectivity index (χ0) is 15.9. The van der Waals surface area contributed by atoms with Crippen molar-refractivity contribution in [3.8, 4) is 11.3 Å². The molecule has 114 valence electrons. The highest BCUT2D eigenvalue weighted by Gasteiger charge is 2.02. The third-order valence-corrected chi connectivity index (χ3v) is 3.21. The second kappa shape index (κ2) is 7.17. The Morgan fingerprint density at radius 2 is 2.04 bits per heavy atom. The maximum Gasteiger partial charge on any atom is 0.244 e. The molecule has 3 aromatic rings. The first-order valence-corrected chi connectivity index (χ1v) is 7.16. The first-order valence-electron chi connectivity index (χ1n) is 7.16. The third-order valence-electron chi connectivity index (χ3n) is 3.21. The summed E-state index contributed by atoms with van der Waals surface area (Å²) in [6.45, 7) is 0.432. The van der Waals surface area contributed by atoms with Crippen LogP contribution in [0.25, 0.3) is 17.3 Å². The van der Waals surface area contributed by atoms with E-state index in [1.165, 1.54) is 6.08 Å². The van der Waals surface area contributed by atoms with Crippen molar-refractivity contribution in [1.29, 1.82) is 0 Å². The number of nitrogens with one attached hydrogen (secondary N) is 1. The fraction of sp³-hybridized carbons (Fsp3) is 0.0556. The molecule has 0 atom stereocenters. The average molecular weight is 305 g/mol. The fourth-order valence-electron chi connectivity index (χ4n) is 2.06. The van der Waals surface area contributed by atoms with Gasteiger partial charge in [-0.1, -0.05) is 0 Å². The smallest absolute Gasteiger partial charge is 0.244 e. The van der Waals surface area contributed by atoms with E-state index in [0.29, 0.717) is 12.3 Å². The fourth-order valence-corrected chi connectivity index (χ4v) is 2.06. The quantitative estimate of drug-likeness (QED) is 0.736. The van der Waals surface area contributed by atoms with Crippen molar-refractivity contribution >= 4 is 12.0 Å². The van der Waals surface area contributed by atoms with Gasteiger partial charge in [-0.3, -0.25) is 14.8 Å². The predicted octanol–water partition coefficient (Wildman–Crippen LogP) is 3.07. The number of rotatable bonds is 5. The lowest BCUT2D eigenvalue weighted by Gasteiger charge is -2.05. The molecule has 3 heterocycles. The number of amides is 1. The number of hydrogen-bond donors (Lipinski definition) is 1. The lowest BCUT2D eigenvalue weighted by molar-refractivity contribution is -0.116. The minimum atomic E-state index is -0.177. The highest BCUT2D eigenvalue weighted by molar-refractivity contribution is 5.91. The second-order valence-electron chi connectivity index (χ2n) is 4.85. The Hall–Kier alpha value is -3.21. The molecule has 3 rings (SSSR count). The molecule has 1 N–H and O–H groups in total. The summed E-state index contributed by atoms with van der Waals surface area (Å²) in [5, 5.41) is 2.83. The van der Waals surface area contributed by atoms with Crippen LogP contribution >= 0.6 is 0 Å². The van der Waals surface area contributed by atoms with E-state index in [1.54, 1.807) is 43.1 Å². The molecule has 0 unspecified atom stereocenters. The van der Waals surface area contributed by atoms with Gasteiger partial charge in [0, 0.05) is 36.8 Å². The SMILES string of the molecule is O=C(/C=C/c1ccco1)NCc1ccnc(-c2ccncc2)c1. The van der Waals surface area contributed by atoms with Gasteiger partial charge in [0.15, 0.2) is 0 Å². The Balaban J connectivity index is 1.61. The molecule has 0 aliphatic rings. The van der Waals surface area contributed by atoms with E-state index in [9.17, 15) is 4.79 Å². The van der Waals surface area contributed by atoms with Crippen molar-refractivity contribution in [1.82, 2.24) is 15.3 Å². The molecule has 0 bridgehead atoms. The molecule has 23 heavy (non-hydrogen) atoms. The van der Waals surface area contributed by atoms with Gasteiger partial charge >= 0.3 is 0 Å². The summed E-state index contributed by atoms with van der Waals surface area (Å²) in [5.41, 5.74) is 2.82. The van der Waals surface area contributed by atoms with Crippen molar-refractivity contribution < 1.29 is 9.21 Å². The lowest BCUT2D eigenvalue weighted by Crippen LogP contribution is -2.20. The minimum absolute atomic E-state index is 0.177. The van der Waals surface area contributed by atoms with E-state index < -0.39 is 0 Å². The Morgan fingerprint density at radius 1 is 1.17 bits per heavy atom. The number of furan rings is 1. The summed E-state index contributed by atoms with van der Waals surface area (Å²) in [5.74, 6) is 0.465. The van der Waals surface area contributed by atoms with Gasteiger partial charge in [-0.15, -0.1) is 0 Å². The topological polar surface area (TPSA) is 68.0 Å². The Labute approximate surface area is 133 Å². The number of hydrogen-bond acceptors (Lipinski definition) is 4. The molecule has 0 aliphatic heterocycles. The first kappa shape index (κ1) is 14.7. The monoisotopic (exact) mass is 305 g/mol. The van der Waals surface area contributed by atoms with Gasteiger partial charge in [0.25, 0.3) is 0 Å². The van der Waals surface area contributed by atoms with Crippen LogP contribution in [0.4, 0.5) is 0 Å². The molecule has 0 aromatic carbocycles. The van der Waals surface area contributed by atoms with E-state index in [2.05, 4.69) is 15.3 Å². The molecule has 3 aromatic heterocycles. The largest absolute Gasteiger partial charge is 0.465 e. The molecule has 0 saturated carbocycles. The molecule has 5 nitrogen and oxygen atoms in total. The van der Waals surface area contributed by atoms with Crippen LogP contribution in [0.2, 0.25) is 0 Å². The van der Waals surface area contributed by atoms with Crippen LogP contribution in [-0.2, 0) is 11.3 Å². The molecule has 0 radical (unpaired) electrons. The summed E-state index contributed by atoms with van der Waals surface area (Å²) < 4.78 is 5.13. The molecular weight excluding hydrogens is 290 g/mol. The van der Waals surface area contributed by atoms with Gasteiger partial charge in [-0.25, -0.2) is 0 Å². The second-order valence-corrected chi connectivity index (χ2v) is 4.85. The first-order chi connectivity index (χ1) is 11.3. The standard InChI is InChI=1S/C18H15N3O2/c22-18(4-3-16-2-1-11-23-16)21-13-14-5-10-20-17(12-14)15-6-8-19-9-7-15/h1-12H,13H2,(H,21,22)/b4-3+. The van der Waals surface area contributed by atoms with Gasteiger partial charge in [0.2, 0.25) is 5.91 Å². The van der Waals surface area contributed by atoms with Crippen LogP contribution in [0.3, 0.4) is 0 Å². The third kappa shape index (κ3) is 4.14. The molecule has 5 heteroatoms. The van der Waals surface area contributed by atoms with Gasteiger partial charge in [-0.05, 0) is 48.0 Å². The van der Waals surface area contributed by atoms with Crippen molar-refractivity contribution in [2.75, 3.05) is 0 Å². The van der Waals surface area contributed by atoms with Crippen molar-refractivity contribution in [2.45, 2.75) is 6.54 Å². The maximum absolute atomic E-state index is 11.8. The summed E-state index contributed by atoms with van der Waals surface area (Å²) in [7, 11) is 0. The molecular formula is C18H15N3O2. The van der Waals surface area contributed by atoms with E-state index >= 15 is 0 Å². The number of carbonyl (C=O) groups is 1. The van der Waals surface area contributed by atoms with Crippen molar-refractivity contribution in [3.63, 3.8) is 0 Å². The molecule has 0 fully saturated rings. The minimum Gasteiger partial charge on any atom is -0.465 e. The van der Waals surface area contributed by atoms with Gasteiger partial charge in [-0.2, -0.15) is 0 Å². The molecule has 0 spiro atoms. The summed E-state index contributed by atoms with van der Waals surface area (Å²) >= 11 is 0. The highest BCUT2D eigenvalue weighted by atomic mass is 16.3. The number of carbonyl (C=O) groups excluding carboxylic acids is 1. The zero-order valence-corrected chi connectivity index (χ0v) is 12.3. The zero-order valence-electron chi connectivity index (χ0n) is 12.3. The van der Waals surface area contributed by atoms with Crippen LogP contribution in [-0.4, -0.2) is 15.9 Å². The Morgan fingerprint density at radius 3 is 2.83 bits per heavy atom. The number of pyridine rings is 2. The maximum atomic E-state index is 11.8. The summed E-state index contributed by atoms with van der Waals surface area (Å²) in [6.07, 6.45) is 9.83. The predicted molar refractivity (Wildman–Crippen MR) is 87.1 cm³/mol. The normalized spacial score (nSPS) is 10.8. The van der Waals surface area contributed by atoms with E-state index in [0.717, 1.165) is 16.8 Å². The van der Waals surface area contributed by atoms with Gasteiger partial charge in [0.05, 0.1) is 12.0 Å². The average Bonchev–Trinajstić information content (AvgIpc) is 3.13. The van der Waals surface area contributed by atoms with Crippen molar-refractivity contribution in [3.05, 3.63) is 78.7 Å². The Kier molecular flexibility index (Phi) is 4.59. The highest BCUT2D eigenvalue weighted by Crippen LogP contribution is 2.16. The van der Waals surface area contributed by atoms with E-state index in [1.807, 2.05) is 24.3 Å². The van der Waals surface area contributed by atoms with Gasteiger partial charge in [0.1, 0.15) is 5.76 Å². The van der Waals surface area contributed by atoms with Crippen molar-refractivity contribution in [2.24, 2.45) is 0 Å². The van der Waals surface area contributed by atoms with Crippen LogP contribution in [0, 0.1) is 0 Å². The molecule has 1 amide bonds. The lowest BCUT2D eigenvalue weighted by atomic mass is 10.1. The van der Waals surface area contributed by atoms with Crippen LogP contribution in [0.5, 0.6) is 0 Å². The number of nitrogens with zero attached hydrogens (tertiary/aromatic N) is 2. The van der Waals surface area contributed by atoms with Crippen LogP contribution < -0.4 is 5.32 Å². The number of aromatic nitrogens is 2. The molecule has 0 aliphatic carbocycles. The molecule has 0 saturated heterocycles. The van der Waals surface area contributed by atoms with Crippen LogP contribution in [0.1, 0.15) is 11.3 Å². The van der Waals surface area contributed by atoms with E-state index in [4.69, 9.17) is 4.42 Å². The van der Waals surface area contributed by atoms with Gasteiger partial charge < -0.3 is 9.73 Å². The Bertz CT molecular complexity index is 796. The van der Waals surface area contributed by atoms with E-state index in [-0.39, 0.29) is 5.91 Å².